The van der Waals surface area contributed by atoms with Gasteiger partial charge in [0.2, 0.25) is 0 Å². The molecule has 7 heteroatoms. The SMILES string of the molecule is CCCC[C@@H](NC(=O)OCc1ccccc1)P(=O)(Oc1ccccc1)Oc1ccccc1. The summed E-state index contributed by atoms with van der Waals surface area (Å²) >= 11 is 0. The third-order valence-corrected chi connectivity index (χ3v) is 6.74. The van der Waals surface area contributed by atoms with Gasteiger partial charge in [-0.25, -0.2) is 9.36 Å². The molecule has 0 saturated carbocycles. The Labute approximate surface area is 189 Å². The summed E-state index contributed by atoms with van der Waals surface area (Å²) in [6.45, 7) is 2.13. The number of rotatable bonds is 11. The van der Waals surface area contributed by atoms with Gasteiger partial charge in [-0.3, -0.25) is 0 Å². The van der Waals surface area contributed by atoms with Crippen molar-refractivity contribution in [2.24, 2.45) is 0 Å². The molecule has 0 aromatic heterocycles. The zero-order chi connectivity index (χ0) is 22.7. The maximum atomic E-state index is 14.1. The lowest BCUT2D eigenvalue weighted by Crippen LogP contribution is -2.37. The highest BCUT2D eigenvalue weighted by atomic mass is 31.2. The highest BCUT2D eigenvalue weighted by Gasteiger charge is 2.40. The van der Waals surface area contributed by atoms with E-state index >= 15 is 0 Å². The number of hydrogen-bond donors (Lipinski definition) is 1. The average molecular weight is 453 g/mol. The van der Waals surface area contributed by atoms with Gasteiger partial charge in [0.1, 0.15) is 18.1 Å². The minimum atomic E-state index is -3.86. The van der Waals surface area contributed by atoms with Crippen molar-refractivity contribution in [2.75, 3.05) is 0 Å². The number of carbonyl (C=O) groups excluding carboxylic acids is 1. The summed E-state index contributed by atoms with van der Waals surface area (Å²) in [4.78, 5) is 12.6. The molecule has 0 bridgehead atoms. The lowest BCUT2D eigenvalue weighted by molar-refractivity contribution is 0.136. The van der Waals surface area contributed by atoms with E-state index in [2.05, 4.69) is 5.32 Å². The molecule has 0 heterocycles. The fourth-order valence-electron chi connectivity index (χ4n) is 3.01. The number of alkyl carbamates (subject to hydrolysis) is 1. The summed E-state index contributed by atoms with van der Waals surface area (Å²) in [5.41, 5.74) is 0.858. The van der Waals surface area contributed by atoms with Gasteiger partial charge in [0.15, 0.2) is 5.78 Å². The second kappa shape index (κ2) is 12.0. The van der Waals surface area contributed by atoms with Gasteiger partial charge in [0.05, 0.1) is 0 Å². The first-order valence-electron chi connectivity index (χ1n) is 10.7. The van der Waals surface area contributed by atoms with Crippen molar-refractivity contribution in [1.82, 2.24) is 5.32 Å². The van der Waals surface area contributed by atoms with Crippen LogP contribution in [0.5, 0.6) is 11.5 Å². The summed E-state index contributed by atoms with van der Waals surface area (Å²) < 4.78 is 31.2. The lowest BCUT2D eigenvalue weighted by Gasteiger charge is -2.28. The normalized spacial score (nSPS) is 11.9. The Morgan fingerprint density at radius 1 is 0.844 bits per heavy atom. The highest BCUT2D eigenvalue weighted by Crippen LogP contribution is 2.53. The van der Waals surface area contributed by atoms with Gasteiger partial charge in [-0.2, -0.15) is 0 Å². The van der Waals surface area contributed by atoms with E-state index in [1.54, 1.807) is 48.5 Å². The van der Waals surface area contributed by atoms with Gasteiger partial charge >= 0.3 is 13.7 Å². The number of hydrogen-bond acceptors (Lipinski definition) is 5. The standard InChI is InChI=1S/C25H28NO5P/c1-2-3-19-24(26-25(27)29-20-21-13-7-4-8-14-21)32(28,30-22-15-9-5-10-16-22)31-23-17-11-6-12-18-23/h4-18,24H,2-3,19-20H2,1H3,(H,26,27)/t24-/m0/s1. The second-order valence-corrected chi connectivity index (χ2v) is 9.28. The smallest absolute Gasteiger partial charge is 0.445 e. The van der Waals surface area contributed by atoms with Gasteiger partial charge in [-0.1, -0.05) is 86.5 Å². The molecule has 3 rings (SSSR count). The number of carbonyl (C=O) groups is 1. The van der Waals surface area contributed by atoms with Crippen LogP contribution < -0.4 is 14.4 Å². The van der Waals surface area contributed by atoms with Crippen LogP contribution in [0.4, 0.5) is 4.79 Å². The van der Waals surface area contributed by atoms with Crippen LogP contribution in [0, 0.1) is 0 Å². The van der Waals surface area contributed by atoms with Crippen molar-refractivity contribution < 1.29 is 23.1 Å². The largest absolute Gasteiger partial charge is 0.453 e. The van der Waals surface area contributed by atoms with Crippen molar-refractivity contribution >= 4 is 13.7 Å². The van der Waals surface area contributed by atoms with E-state index in [4.69, 9.17) is 13.8 Å². The van der Waals surface area contributed by atoms with Crippen LogP contribution in [-0.4, -0.2) is 11.9 Å². The van der Waals surface area contributed by atoms with Gasteiger partial charge in [-0.05, 0) is 36.2 Å². The van der Waals surface area contributed by atoms with Crippen molar-refractivity contribution in [2.45, 2.75) is 38.6 Å². The first-order chi connectivity index (χ1) is 15.6. The van der Waals surface area contributed by atoms with Gasteiger partial charge < -0.3 is 19.1 Å². The fourth-order valence-corrected chi connectivity index (χ4v) is 4.90. The van der Waals surface area contributed by atoms with E-state index in [1.807, 2.05) is 49.4 Å². The number of para-hydroxylation sites is 2. The van der Waals surface area contributed by atoms with Crippen molar-refractivity contribution in [3.05, 3.63) is 96.6 Å². The molecule has 1 atom stereocenters. The van der Waals surface area contributed by atoms with E-state index in [0.717, 1.165) is 18.4 Å². The van der Waals surface area contributed by atoms with Crippen LogP contribution >= 0.6 is 7.60 Å². The zero-order valence-corrected chi connectivity index (χ0v) is 18.9. The molecule has 1 amide bonds. The van der Waals surface area contributed by atoms with E-state index in [0.29, 0.717) is 17.9 Å². The zero-order valence-electron chi connectivity index (χ0n) is 18.1. The predicted octanol–water partition coefficient (Wildman–Crippen LogP) is 6.78. The molecule has 0 spiro atoms. The minimum absolute atomic E-state index is 0.108. The molecule has 3 aromatic carbocycles. The number of nitrogens with one attached hydrogen (secondary N) is 1. The Morgan fingerprint density at radius 2 is 1.34 bits per heavy atom. The van der Waals surface area contributed by atoms with Gasteiger partial charge in [-0.15, -0.1) is 0 Å². The maximum Gasteiger partial charge on any atom is 0.453 e. The molecule has 0 aliphatic heterocycles. The van der Waals surface area contributed by atoms with Crippen LogP contribution in [0.2, 0.25) is 0 Å². The number of unbranched alkanes of at least 4 members (excludes halogenated alkanes) is 1. The second-order valence-electron chi connectivity index (χ2n) is 7.21. The molecule has 168 valence electrons. The van der Waals surface area contributed by atoms with E-state index in [-0.39, 0.29) is 6.61 Å². The summed E-state index contributed by atoms with van der Waals surface area (Å²) in [5, 5.41) is 2.73. The molecule has 0 fully saturated rings. The number of amides is 1. The third-order valence-electron chi connectivity index (χ3n) is 4.66. The summed E-state index contributed by atoms with van der Waals surface area (Å²) in [6, 6.07) is 27.0. The third kappa shape index (κ3) is 7.17. The molecular formula is C25H28NO5P. The summed E-state index contributed by atoms with van der Waals surface area (Å²) in [7, 11) is -3.86. The van der Waals surface area contributed by atoms with Crippen molar-refractivity contribution in [1.29, 1.82) is 0 Å². The first-order valence-corrected chi connectivity index (χ1v) is 12.3. The average Bonchev–Trinajstić information content (AvgIpc) is 2.82. The number of benzene rings is 3. The molecule has 0 radical (unpaired) electrons. The van der Waals surface area contributed by atoms with Crippen LogP contribution in [0.1, 0.15) is 31.7 Å². The highest BCUT2D eigenvalue weighted by molar-refractivity contribution is 7.55. The molecule has 0 saturated heterocycles. The Morgan fingerprint density at radius 3 is 1.84 bits per heavy atom. The Balaban J connectivity index is 1.80. The van der Waals surface area contributed by atoms with Gasteiger partial charge in [0, 0.05) is 0 Å². The minimum Gasteiger partial charge on any atom is -0.445 e. The topological polar surface area (TPSA) is 73.9 Å². The lowest BCUT2D eigenvalue weighted by atomic mass is 10.2. The van der Waals surface area contributed by atoms with Crippen LogP contribution in [0.15, 0.2) is 91.0 Å². The molecule has 1 N–H and O–H groups in total. The summed E-state index contributed by atoms with van der Waals surface area (Å²) in [6.07, 6.45) is 1.31. The van der Waals surface area contributed by atoms with Crippen LogP contribution in [0.25, 0.3) is 0 Å². The molecule has 6 nitrogen and oxygen atoms in total. The van der Waals surface area contributed by atoms with Crippen molar-refractivity contribution in [3.8, 4) is 11.5 Å². The Kier molecular flexibility index (Phi) is 8.76. The predicted molar refractivity (Wildman–Crippen MR) is 125 cm³/mol. The number of ether oxygens (including phenoxy) is 1. The Bertz CT molecular complexity index is 953. The summed E-state index contributed by atoms with van der Waals surface area (Å²) in [5.74, 6) is -0.0911. The molecule has 0 aliphatic rings. The monoisotopic (exact) mass is 453 g/mol. The molecule has 0 unspecified atom stereocenters. The fraction of sp³-hybridized carbons (Fsp3) is 0.240. The van der Waals surface area contributed by atoms with E-state index in [9.17, 15) is 9.36 Å². The van der Waals surface area contributed by atoms with E-state index in [1.165, 1.54) is 0 Å². The van der Waals surface area contributed by atoms with Crippen LogP contribution in [-0.2, 0) is 15.9 Å². The van der Waals surface area contributed by atoms with Crippen molar-refractivity contribution in [3.63, 3.8) is 0 Å². The molecule has 3 aromatic rings. The van der Waals surface area contributed by atoms with E-state index < -0.39 is 19.5 Å². The Hall–Kier alpha value is -3.24. The molecular weight excluding hydrogens is 425 g/mol. The molecule has 0 aliphatic carbocycles. The van der Waals surface area contributed by atoms with Gasteiger partial charge in [0.25, 0.3) is 0 Å². The first kappa shape index (κ1) is 23.4. The quantitative estimate of drug-likeness (QED) is 0.324. The molecule has 32 heavy (non-hydrogen) atoms. The van der Waals surface area contributed by atoms with Crippen LogP contribution in [0.3, 0.4) is 0 Å². The maximum absolute atomic E-state index is 14.1.